The monoisotopic (exact) mass is 289 g/mol. The summed E-state index contributed by atoms with van der Waals surface area (Å²) in [5.41, 5.74) is 0.847. The highest BCUT2D eigenvalue weighted by atomic mass is 16.2. The van der Waals surface area contributed by atoms with Crippen LogP contribution in [0.1, 0.15) is 60.4 Å². The van der Waals surface area contributed by atoms with Gasteiger partial charge in [-0.05, 0) is 44.7 Å². The minimum absolute atomic E-state index is 0.00492. The van der Waals surface area contributed by atoms with Crippen molar-refractivity contribution in [3.63, 3.8) is 0 Å². The van der Waals surface area contributed by atoms with Gasteiger partial charge in [0.15, 0.2) is 0 Å². The summed E-state index contributed by atoms with van der Waals surface area (Å²) >= 11 is 0. The first-order valence-corrected chi connectivity index (χ1v) is 7.68. The van der Waals surface area contributed by atoms with Gasteiger partial charge < -0.3 is 10.2 Å². The van der Waals surface area contributed by atoms with Gasteiger partial charge in [0.2, 0.25) is 0 Å². The number of hydrogen-bond acceptors (Lipinski definition) is 3. The third-order valence-electron chi connectivity index (χ3n) is 3.87. The van der Waals surface area contributed by atoms with E-state index in [0.29, 0.717) is 11.3 Å². The van der Waals surface area contributed by atoms with Gasteiger partial charge >= 0.3 is 0 Å². The number of piperidine rings is 1. The van der Waals surface area contributed by atoms with E-state index in [9.17, 15) is 9.59 Å². The second-order valence-corrected chi connectivity index (χ2v) is 5.57. The summed E-state index contributed by atoms with van der Waals surface area (Å²) in [6.07, 6.45) is 5.68. The number of likely N-dealkylation sites (tertiary alicyclic amines) is 1. The zero-order chi connectivity index (χ0) is 15.2. The molecule has 5 heteroatoms. The summed E-state index contributed by atoms with van der Waals surface area (Å²) in [7, 11) is 0. The van der Waals surface area contributed by atoms with E-state index in [-0.39, 0.29) is 17.9 Å². The van der Waals surface area contributed by atoms with E-state index in [0.717, 1.165) is 32.4 Å². The number of aromatic nitrogens is 1. The van der Waals surface area contributed by atoms with Gasteiger partial charge in [0.05, 0.1) is 0 Å². The minimum Gasteiger partial charge on any atom is -0.348 e. The van der Waals surface area contributed by atoms with Crippen molar-refractivity contribution in [3.8, 4) is 0 Å². The number of nitrogens with zero attached hydrogens (tertiary/aromatic N) is 2. The standard InChI is InChI=1S/C16H23N3O2/c1-3-12(2)18-15(20)14-11-13(7-8-17-14)16(21)19-9-5-4-6-10-19/h7-8,11-12H,3-6,9-10H2,1-2H3,(H,18,20). The molecule has 0 saturated carbocycles. The highest BCUT2D eigenvalue weighted by Gasteiger charge is 2.19. The van der Waals surface area contributed by atoms with Crippen molar-refractivity contribution >= 4 is 11.8 Å². The van der Waals surface area contributed by atoms with Crippen molar-refractivity contribution in [3.05, 3.63) is 29.6 Å². The maximum absolute atomic E-state index is 12.4. The van der Waals surface area contributed by atoms with Crippen molar-refractivity contribution in [1.29, 1.82) is 0 Å². The predicted octanol–water partition coefficient (Wildman–Crippen LogP) is 2.24. The van der Waals surface area contributed by atoms with E-state index in [4.69, 9.17) is 0 Å². The van der Waals surface area contributed by atoms with Gasteiger partial charge in [-0.25, -0.2) is 0 Å². The molecule has 5 nitrogen and oxygen atoms in total. The van der Waals surface area contributed by atoms with Gasteiger partial charge in [0.1, 0.15) is 5.69 Å². The third-order valence-corrected chi connectivity index (χ3v) is 3.87. The molecule has 2 heterocycles. The zero-order valence-corrected chi connectivity index (χ0v) is 12.8. The Balaban J connectivity index is 2.09. The number of pyridine rings is 1. The molecule has 2 amide bonds. The summed E-state index contributed by atoms with van der Waals surface area (Å²) in [5, 5.41) is 2.87. The molecule has 1 fully saturated rings. The molecule has 1 unspecified atom stereocenters. The molecule has 1 aromatic heterocycles. The van der Waals surface area contributed by atoms with E-state index in [1.807, 2.05) is 18.7 Å². The number of nitrogens with one attached hydrogen (secondary N) is 1. The Morgan fingerprint density at radius 1 is 1.33 bits per heavy atom. The van der Waals surface area contributed by atoms with Crippen LogP contribution in [0.25, 0.3) is 0 Å². The van der Waals surface area contributed by atoms with E-state index < -0.39 is 0 Å². The van der Waals surface area contributed by atoms with Gasteiger partial charge in [0.25, 0.3) is 11.8 Å². The zero-order valence-electron chi connectivity index (χ0n) is 12.8. The molecule has 0 aliphatic carbocycles. The number of carbonyl (C=O) groups is 2. The predicted molar refractivity (Wildman–Crippen MR) is 81.2 cm³/mol. The van der Waals surface area contributed by atoms with Gasteiger partial charge in [-0.1, -0.05) is 6.92 Å². The molecule has 114 valence electrons. The van der Waals surface area contributed by atoms with E-state index in [1.165, 1.54) is 12.6 Å². The maximum Gasteiger partial charge on any atom is 0.270 e. The first kappa shape index (κ1) is 15.5. The number of hydrogen-bond donors (Lipinski definition) is 1. The highest BCUT2D eigenvalue weighted by Crippen LogP contribution is 2.13. The fraction of sp³-hybridized carbons (Fsp3) is 0.562. The number of carbonyl (C=O) groups excluding carboxylic acids is 2. The van der Waals surface area contributed by atoms with Crippen LogP contribution in [-0.4, -0.2) is 40.8 Å². The average molecular weight is 289 g/mol. The molecule has 2 rings (SSSR count). The second kappa shape index (κ2) is 7.20. The molecule has 1 atom stereocenters. The van der Waals surface area contributed by atoms with Crippen LogP contribution in [0.3, 0.4) is 0 Å². The first-order chi connectivity index (χ1) is 10.1. The molecule has 1 saturated heterocycles. The van der Waals surface area contributed by atoms with Crippen molar-refractivity contribution in [2.45, 2.75) is 45.6 Å². The summed E-state index contributed by atoms with van der Waals surface area (Å²) in [6, 6.07) is 3.37. The molecule has 0 radical (unpaired) electrons. The first-order valence-electron chi connectivity index (χ1n) is 7.68. The van der Waals surface area contributed by atoms with Gasteiger partial charge in [0, 0.05) is 30.9 Å². The molecule has 0 aromatic carbocycles. The summed E-state index contributed by atoms with van der Waals surface area (Å²) < 4.78 is 0. The van der Waals surface area contributed by atoms with Gasteiger partial charge in [-0.15, -0.1) is 0 Å². The van der Waals surface area contributed by atoms with Crippen LogP contribution >= 0.6 is 0 Å². The molecule has 21 heavy (non-hydrogen) atoms. The second-order valence-electron chi connectivity index (χ2n) is 5.57. The molecule has 0 bridgehead atoms. The number of rotatable bonds is 4. The number of amides is 2. The Bertz CT molecular complexity index is 510. The molecule has 0 spiro atoms. The lowest BCUT2D eigenvalue weighted by molar-refractivity contribution is 0.0724. The Kier molecular flexibility index (Phi) is 5.31. The van der Waals surface area contributed by atoms with Crippen molar-refractivity contribution in [2.24, 2.45) is 0 Å². The van der Waals surface area contributed by atoms with Crippen molar-refractivity contribution in [1.82, 2.24) is 15.2 Å². The Morgan fingerprint density at radius 3 is 2.71 bits per heavy atom. The summed E-state index contributed by atoms with van der Waals surface area (Å²) in [4.78, 5) is 30.4. The topological polar surface area (TPSA) is 62.3 Å². The van der Waals surface area contributed by atoms with Crippen LogP contribution in [0.4, 0.5) is 0 Å². The summed E-state index contributed by atoms with van der Waals surface area (Å²) in [5.74, 6) is -0.229. The largest absolute Gasteiger partial charge is 0.348 e. The van der Waals surface area contributed by atoms with Crippen molar-refractivity contribution in [2.75, 3.05) is 13.1 Å². The molecule has 1 N–H and O–H groups in total. The fourth-order valence-electron chi connectivity index (χ4n) is 2.37. The normalized spacial score (nSPS) is 16.4. The third kappa shape index (κ3) is 4.03. The van der Waals surface area contributed by atoms with Gasteiger partial charge in [-0.3, -0.25) is 14.6 Å². The van der Waals surface area contributed by atoms with Crippen LogP contribution in [-0.2, 0) is 0 Å². The lowest BCUT2D eigenvalue weighted by Gasteiger charge is -2.26. The molecule has 1 aliphatic heterocycles. The highest BCUT2D eigenvalue weighted by molar-refractivity contribution is 5.98. The van der Waals surface area contributed by atoms with E-state index in [1.54, 1.807) is 12.1 Å². The van der Waals surface area contributed by atoms with Crippen LogP contribution in [0.5, 0.6) is 0 Å². The fourth-order valence-corrected chi connectivity index (χ4v) is 2.37. The maximum atomic E-state index is 12.4. The Hall–Kier alpha value is -1.91. The molecular weight excluding hydrogens is 266 g/mol. The Labute approximate surface area is 125 Å². The lowest BCUT2D eigenvalue weighted by atomic mass is 10.1. The van der Waals surface area contributed by atoms with Crippen LogP contribution in [0.2, 0.25) is 0 Å². The van der Waals surface area contributed by atoms with E-state index in [2.05, 4.69) is 10.3 Å². The molecule has 1 aromatic rings. The SMILES string of the molecule is CCC(C)NC(=O)c1cc(C(=O)N2CCCCC2)ccn1. The quantitative estimate of drug-likeness (QED) is 0.924. The molecular formula is C16H23N3O2. The molecule has 1 aliphatic rings. The van der Waals surface area contributed by atoms with Gasteiger partial charge in [-0.2, -0.15) is 0 Å². The Morgan fingerprint density at radius 2 is 2.05 bits per heavy atom. The smallest absolute Gasteiger partial charge is 0.270 e. The summed E-state index contributed by atoms with van der Waals surface area (Å²) in [6.45, 7) is 5.56. The van der Waals surface area contributed by atoms with Crippen LogP contribution in [0, 0.1) is 0 Å². The van der Waals surface area contributed by atoms with Crippen LogP contribution < -0.4 is 5.32 Å². The van der Waals surface area contributed by atoms with Crippen molar-refractivity contribution < 1.29 is 9.59 Å². The average Bonchev–Trinajstić information content (AvgIpc) is 2.55. The lowest BCUT2D eigenvalue weighted by Crippen LogP contribution is -2.36. The van der Waals surface area contributed by atoms with Crippen LogP contribution in [0.15, 0.2) is 18.3 Å². The van der Waals surface area contributed by atoms with E-state index >= 15 is 0 Å². The minimum atomic E-state index is -0.224.